The third-order valence-electron chi connectivity index (χ3n) is 3.99. The zero-order valence-electron chi connectivity index (χ0n) is 14.2. The normalized spacial score (nSPS) is 10.7. The van der Waals surface area contributed by atoms with Crippen molar-refractivity contribution in [2.24, 2.45) is 0 Å². The Morgan fingerprint density at radius 1 is 0.920 bits per heavy atom. The number of aromatic amines is 1. The van der Waals surface area contributed by atoms with Gasteiger partial charge in [-0.15, -0.1) is 0 Å². The minimum atomic E-state index is -0.486. The lowest BCUT2D eigenvalue weighted by Crippen LogP contribution is -2.35. The van der Waals surface area contributed by atoms with Crippen LogP contribution in [0.25, 0.3) is 10.9 Å². The number of benzene rings is 2. The summed E-state index contributed by atoms with van der Waals surface area (Å²) in [5, 5.41) is 0.353. The minimum absolute atomic E-state index is 0.155. The number of nitrogens with zero attached hydrogens (tertiary/aromatic N) is 1. The molecule has 0 unspecified atom stereocenters. The zero-order valence-corrected chi connectivity index (χ0v) is 14.2. The van der Waals surface area contributed by atoms with Crippen LogP contribution < -0.4 is 25.5 Å². The average molecular weight is 342 g/mol. The fourth-order valence-electron chi connectivity index (χ4n) is 2.64. The monoisotopic (exact) mass is 342 g/mol. The average Bonchev–Trinajstić information content (AvgIpc) is 2.64. The third-order valence-corrected chi connectivity index (χ3v) is 3.99. The molecule has 7 heteroatoms. The van der Waals surface area contributed by atoms with Gasteiger partial charge in [-0.25, -0.2) is 4.79 Å². The summed E-state index contributed by atoms with van der Waals surface area (Å²) in [4.78, 5) is 27.8. The molecule has 3 rings (SSSR count). The van der Waals surface area contributed by atoms with Gasteiger partial charge in [0.2, 0.25) is 0 Å². The molecule has 0 bridgehead atoms. The predicted molar refractivity (Wildman–Crippen MR) is 94.0 cm³/mol. The van der Waals surface area contributed by atoms with Gasteiger partial charge in [0.15, 0.2) is 11.5 Å². The van der Waals surface area contributed by atoms with Gasteiger partial charge in [0, 0.05) is 6.07 Å². The lowest BCUT2D eigenvalue weighted by molar-refractivity contribution is 0.355. The summed E-state index contributed by atoms with van der Waals surface area (Å²) in [6, 6.07) is 10.3. The van der Waals surface area contributed by atoms with Crippen molar-refractivity contribution in [3.63, 3.8) is 0 Å². The Hall–Kier alpha value is -3.22. The second-order valence-corrected chi connectivity index (χ2v) is 5.42. The Morgan fingerprint density at radius 2 is 1.56 bits per heavy atom. The molecule has 0 saturated carbocycles. The predicted octanol–water partition coefficient (Wildman–Crippen LogP) is 1.76. The molecule has 7 nitrogen and oxygen atoms in total. The van der Waals surface area contributed by atoms with E-state index in [0.717, 1.165) is 10.1 Å². The van der Waals surface area contributed by atoms with Crippen LogP contribution in [0.1, 0.15) is 5.56 Å². The van der Waals surface area contributed by atoms with Crippen LogP contribution >= 0.6 is 0 Å². The number of fused-ring (bicyclic) bond motifs is 1. The second kappa shape index (κ2) is 6.72. The number of hydrogen-bond donors (Lipinski definition) is 1. The molecule has 0 amide bonds. The topological polar surface area (TPSA) is 82.6 Å². The van der Waals surface area contributed by atoms with Gasteiger partial charge in [-0.1, -0.05) is 12.1 Å². The molecule has 0 aliphatic carbocycles. The lowest BCUT2D eigenvalue weighted by Gasteiger charge is -2.11. The van der Waals surface area contributed by atoms with Crippen LogP contribution in [0.15, 0.2) is 46.0 Å². The highest BCUT2D eigenvalue weighted by atomic mass is 16.5. The molecule has 1 aromatic heterocycles. The number of aromatic nitrogens is 2. The first-order chi connectivity index (χ1) is 12.1. The van der Waals surface area contributed by atoms with E-state index in [1.165, 1.54) is 14.2 Å². The Bertz CT molecular complexity index is 1020. The molecule has 25 heavy (non-hydrogen) atoms. The largest absolute Gasteiger partial charge is 0.497 e. The van der Waals surface area contributed by atoms with Crippen LogP contribution in [0.5, 0.6) is 17.2 Å². The van der Waals surface area contributed by atoms with Crippen molar-refractivity contribution in [3.05, 3.63) is 62.8 Å². The Morgan fingerprint density at radius 3 is 2.16 bits per heavy atom. The van der Waals surface area contributed by atoms with Crippen molar-refractivity contribution in [2.45, 2.75) is 6.54 Å². The van der Waals surface area contributed by atoms with Crippen LogP contribution in [-0.4, -0.2) is 30.9 Å². The van der Waals surface area contributed by atoms with E-state index in [1.54, 1.807) is 31.4 Å². The standard InChI is InChI=1S/C18H18N2O5/c1-23-12-6-4-11(5-7-12)10-20-17(21)13-8-15(24-2)16(25-3)9-14(13)19-18(20)22/h4-9H,10H2,1-3H3,(H,19,22). The number of nitrogens with one attached hydrogen (secondary N) is 1. The Labute approximate surface area is 143 Å². The molecule has 0 atom stereocenters. The van der Waals surface area contributed by atoms with Gasteiger partial charge in [-0.05, 0) is 23.8 Å². The molecule has 2 aromatic carbocycles. The van der Waals surface area contributed by atoms with Gasteiger partial charge >= 0.3 is 5.69 Å². The molecule has 0 fully saturated rings. The van der Waals surface area contributed by atoms with E-state index >= 15 is 0 Å². The summed E-state index contributed by atoms with van der Waals surface area (Å²) >= 11 is 0. The maximum atomic E-state index is 12.8. The Balaban J connectivity index is 2.12. The van der Waals surface area contributed by atoms with Crippen molar-refractivity contribution in [3.8, 4) is 17.2 Å². The fourth-order valence-corrected chi connectivity index (χ4v) is 2.64. The maximum absolute atomic E-state index is 12.8. The van der Waals surface area contributed by atoms with Crippen LogP contribution in [-0.2, 0) is 6.54 Å². The molecule has 130 valence electrons. The van der Waals surface area contributed by atoms with Crippen LogP contribution in [0, 0.1) is 0 Å². The van der Waals surface area contributed by atoms with Gasteiger partial charge in [0.1, 0.15) is 5.75 Å². The molecule has 1 N–H and O–H groups in total. The SMILES string of the molecule is COc1ccc(Cn2c(=O)[nH]c3cc(OC)c(OC)cc3c2=O)cc1. The van der Waals surface area contributed by atoms with Crippen LogP contribution in [0.3, 0.4) is 0 Å². The number of hydrogen-bond acceptors (Lipinski definition) is 5. The van der Waals surface area contributed by atoms with Gasteiger partial charge in [-0.2, -0.15) is 0 Å². The van der Waals surface area contributed by atoms with E-state index in [-0.39, 0.29) is 6.54 Å². The Kier molecular flexibility index (Phi) is 4.47. The van der Waals surface area contributed by atoms with Gasteiger partial charge < -0.3 is 19.2 Å². The van der Waals surface area contributed by atoms with E-state index in [4.69, 9.17) is 14.2 Å². The van der Waals surface area contributed by atoms with Crippen molar-refractivity contribution >= 4 is 10.9 Å². The molecule has 0 spiro atoms. The molecule has 3 aromatic rings. The molecule has 0 radical (unpaired) electrons. The zero-order chi connectivity index (χ0) is 18.0. The summed E-state index contributed by atoms with van der Waals surface area (Å²) in [5.74, 6) is 1.58. The van der Waals surface area contributed by atoms with Crippen LogP contribution in [0.2, 0.25) is 0 Å². The molecular formula is C18H18N2O5. The maximum Gasteiger partial charge on any atom is 0.329 e. The highest BCUT2D eigenvalue weighted by molar-refractivity contribution is 5.81. The number of methoxy groups -OCH3 is 3. The fraction of sp³-hybridized carbons (Fsp3) is 0.222. The van der Waals surface area contributed by atoms with E-state index in [9.17, 15) is 9.59 Å². The van der Waals surface area contributed by atoms with Crippen molar-refractivity contribution in [1.29, 1.82) is 0 Å². The summed E-state index contributed by atoms with van der Waals surface area (Å²) in [5.41, 5.74) is 0.336. The van der Waals surface area contributed by atoms with Gasteiger partial charge in [0.25, 0.3) is 5.56 Å². The molecule has 1 heterocycles. The summed E-state index contributed by atoms with van der Waals surface area (Å²) in [7, 11) is 4.56. The van der Waals surface area contributed by atoms with Crippen molar-refractivity contribution in [1.82, 2.24) is 9.55 Å². The smallest absolute Gasteiger partial charge is 0.329 e. The van der Waals surface area contributed by atoms with E-state index in [1.807, 2.05) is 12.1 Å². The first-order valence-corrected chi connectivity index (χ1v) is 7.59. The summed E-state index contributed by atoms with van der Waals surface area (Å²) < 4.78 is 16.7. The highest BCUT2D eigenvalue weighted by Crippen LogP contribution is 2.29. The molecular weight excluding hydrogens is 324 g/mol. The second-order valence-electron chi connectivity index (χ2n) is 5.42. The summed E-state index contributed by atoms with van der Waals surface area (Å²) in [6.07, 6.45) is 0. The first-order valence-electron chi connectivity index (χ1n) is 7.59. The third kappa shape index (κ3) is 3.08. The van der Waals surface area contributed by atoms with Crippen molar-refractivity contribution < 1.29 is 14.2 Å². The van der Waals surface area contributed by atoms with Gasteiger partial charge in [0.05, 0.1) is 38.8 Å². The quantitative estimate of drug-likeness (QED) is 0.764. The highest BCUT2D eigenvalue weighted by Gasteiger charge is 2.13. The van der Waals surface area contributed by atoms with E-state index in [0.29, 0.717) is 28.2 Å². The number of rotatable bonds is 5. The molecule has 0 aliphatic rings. The number of ether oxygens (including phenoxy) is 3. The lowest BCUT2D eigenvalue weighted by atomic mass is 10.2. The minimum Gasteiger partial charge on any atom is -0.497 e. The van der Waals surface area contributed by atoms with Gasteiger partial charge in [-0.3, -0.25) is 9.36 Å². The molecule has 0 saturated heterocycles. The summed E-state index contributed by atoms with van der Waals surface area (Å²) in [6.45, 7) is 0.155. The van der Waals surface area contributed by atoms with Crippen molar-refractivity contribution in [2.75, 3.05) is 21.3 Å². The first kappa shape index (κ1) is 16.6. The van der Waals surface area contributed by atoms with E-state index < -0.39 is 11.2 Å². The number of H-pyrrole nitrogens is 1. The van der Waals surface area contributed by atoms with E-state index in [2.05, 4.69) is 4.98 Å². The molecule has 0 aliphatic heterocycles. The van der Waals surface area contributed by atoms with Crippen LogP contribution in [0.4, 0.5) is 0 Å².